The Balaban J connectivity index is 1.44. The normalized spacial score (nSPS) is 32.5. The van der Waals surface area contributed by atoms with Gasteiger partial charge >= 0.3 is 12.0 Å². The molecule has 1 saturated heterocycles. The average Bonchev–Trinajstić information content (AvgIpc) is 3.02. The van der Waals surface area contributed by atoms with Gasteiger partial charge in [0, 0.05) is 25.7 Å². The molecule has 25 heavy (non-hydrogen) atoms. The summed E-state index contributed by atoms with van der Waals surface area (Å²) in [6, 6.07) is 0.318. The van der Waals surface area contributed by atoms with E-state index in [0.29, 0.717) is 32.3 Å². The van der Waals surface area contributed by atoms with E-state index in [1.165, 1.54) is 25.7 Å². The molecule has 4 atom stereocenters. The van der Waals surface area contributed by atoms with Gasteiger partial charge in [0.05, 0.1) is 19.3 Å². The fraction of sp³-hybridized carbons (Fsp3) is 0.889. The lowest BCUT2D eigenvalue weighted by Gasteiger charge is -2.37. The van der Waals surface area contributed by atoms with Crippen LogP contribution in [-0.2, 0) is 9.53 Å². The standard InChI is InChI=1S/C18H31N3O4/c1-20(12-17(22)23)10-16-11-21(7-8-25-16)18(24)19-15-6-5-13-3-2-4-14(13)9-15/h13-16H,2-12H2,1H3,(H,19,24)(H,22,23). The van der Waals surface area contributed by atoms with Crippen LogP contribution in [0.2, 0.25) is 0 Å². The summed E-state index contributed by atoms with van der Waals surface area (Å²) < 4.78 is 5.70. The number of carboxylic acid groups (broad SMARTS) is 1. The molecule has 1 heterocycles. The van der Waals surface area contributed by atoms with Crippen molar-refractivity contribution < 1.29 is 19.4 Å². The quantitative estimate of drug-likeness (QED) is 0.780. The predicted molar refractivity (Wildman–Crippen MR) is 93.4 cm³/mol. The molecule has 2 amide bonds. The fourth-order valence-electron chi connectivity index (χ4n) is 4.76. The predicted octanol–water partition coefficient (Wildman–Crippen LogP) is 1.38. The molecule has 7 nitrogen and oxygen atoms in total. The van der Waals surface area contributed by atoms with Crippen LogP contribution in [0, 0.1) is 11.8 Å². The van der Waals surface area contributed by atoms with Crippen LogP contribution in [0.25, 0.3) is 0 Å². The Kier molecular flexibility index (Phi) is 6.17. The molecule has 142 valence electrons. The lowest BCUT2D eigenvalue weighted by Crippen LogP contribution is -2.54. The monoisotopic (exact) mass is 353 g/mol. The van der Waals surface area contributed by atoms with Gasteiger partial charge in [0.2, 0.25) is 0 Å². The number of hydrogen-bond acceptors (Lipinski definition) is 4. The minimum Gasteiger partial charge on any atom is -0.480 e. The number of nitrogens with one attached hydrogen (secondary N) is 1. The molecule has 3 aliphatic rings. The molecular weight excluding hydrogens is 322 g/mol. The molecule has 2 aliphatic carbocycles. The Morgan fingerprint density at radius 1 is 1.24 bits per heavy atom. The van der Waals surface area contributed by atoms with Gasteiger partial charge in [-0.1, -0.05) is 19.3 Å². The highest BCUT2D eigenvalue weighted by molar-refractivity contribution is 5.74. The number of urea groups is 1. The number of hydrogen-bond donors (Lipinski definition) is 2. The van der Waals surface area contributed by atoms with Crippen LogP contribution in [0.5, 0.6) is 0 Å². The molecule has 3 rings (SSSR count). The highest BCUT2D eigenvalue weighted by Gasteiger charge is 2.35. The van der Waals surface area contributed by atoms with Crippen molar-refractivity contribution in [2.75, 3.05) is 39.8 Å². The smallest absolute Gasteiger partial charge is 0.317 e. The number of morpholine rings is 1. The number of carbonyl (C=O) groups is 2. The number of amides is 2. The first-order chi connectivity index (χ1) is 12.0. The zero-order valence-electron chi connectivity index (χ0n) is 15.2. The van der Waals surface area contributed by atoms with Crippen molar-refractivity contribution >= 4 is 12.0 Å². The van der Waals surface area contributed by atoms with Crippen molar-refractivity contribution in [3.05, 3.63) is 0 Å². The Morgan fingerprint density at radius 2 is 2.04 bits per heavy atom. The lowest BCUT2D eigenvalue weighted by atomic mass is 9.79. The molecule has 0 radical (unpaired) electrons. The SMILES string of the molecule is CN(CC(=O)O)CC1CN(C(=O)NC2CCC3CCCC3C2)CCO1. The van der Waals surface area contributed by atoms with E-state index >= 15 is 0 Å². The number of likely N-dealkylation sites (N-methyl/N-ethyl adjacent to an activating group) is 1. The van der Waals surface area contributed by atoms with Crippen molar-refractivity contribution in [2.24, 2.45) is 11.8 Å². The summed E-state index contributed by atoms with van der Waals surface area (Å²) in [5.41, 5.74) is 0. The van der Waals surface area contributed by atoms with E-state index in [1.54, 1.807) is 11.9 Å². The van der Waals surface area contributed by atoms with E-state index in [9.17, 15) is 9.59 Å². The number of rotatable bonds is 5. The molecule has 0 spiro atoms. The first kappa shape index (κ1) is 18.5. The zero-order valence-corrected chi connectivity index (χ0v) is 15.2. The molecular formula is C18H31N3O4. The molecule has 4 unspecified atom stereocenters. The van der Waals surface area contributed by atoms with E-state index in [1.807, 2.05) is 4.90 Å². The van der Waals surface area contributed by atoms with E-state index in [0.717, 1.165) is 24.7 Å². The van der Waals surface area contributed by atoms with Crippen LogP contribution in [0.15, 0.2) is 0 Å². The molecule has 2 N–H and O–H groups in total. The molecule has 0 aromatic heterocycles. The van der Waals surface area contributed by atoms with Crippen molar-refractivity contribution in [1.82, 2.24) is 15.1 Å². The van der Waals surface area contributed by atoms with Gasteiger partial charge < -0.3 is 20.1 Å². The first-order valence-electron chi connectivity index (χ1n) is 9.58. The van der Waals surface area contributed by atoms with Crippen LogP contribution in [0.1, 0.15) is 38.5 Å². The highest BCUT2D eigenvalue weighted by Crippen LogP contribution is 2.42. The summed E-state index contributed by atoms with van der Waals surface area (Å²) >= 11 is 0. The Bertz CT molecular complexity index is 487. The number of carboxylic acids is 1. The zero-order chi connectivity index (χ0) is 17.8. The summed E-state index contributed by atoms with van der Waals surface area (Å²) in [4.78, 5) is 26.9. The van der Waals surface area contributed by atoms with Gasteiger partial charge in [0.25, 0.3) is 0 Å². The van der Waals surface area contributed by atoms with Crippen molar-refractivity contribution in [3.8, 4) is 0 Å². The Morgan fingerprint density at radius 3 is 2.84 bits per heavy atom. The average molecular weight is 353 g/mol. The molecule has 2 saturated carbocycles. The number of carbonyl (C=O) groups excluding carboxylic acids is 1. The van der Waals surface area contributed by atoms with Crippen LogP contribution >= 0.6 is 0 Å². The maximum Gasteiger partial charge on any atom is 0.317 e. The van der Waals surface area contributed by atoms with Crippen molar-refractivity contribution in [1.29, 1.82) is 0 Å². The minimum absolute atomic E-state index is 0.00985. The third-order valence-electron chi connectivity index (χ3n) is 5.96. The molecule has 0 aromatic carbocycles. The topological polar surface area (TPSA) is 82.1 Å². The second-order valence-electron chi connectivity index (χ2n) is 7.94. The van der Waals surface area contributed by atoms with Crippen molar-refractivity contribution in [3.63, 3.8) is 0 Å². The van der Waals surface area contributed by atoms with E-state index in [-0.39, 0.29) is 18.7 Å². The van der Waals surface area contributed by atoms with Crippen molar-refractivity contribution in [2.45, 2.75) is 50.7 Å². The van der Waals surface area contributed by atoms with Gasteiger partial charge in [-0.3, -0.25) is 9.69 Å². The number of aliphatic carboxylic acids is 1. The second kappa shape index (κ2) is 8.36. The van der Waals surface area contributed by atoms with Gasteiger partial charge in [0.1, 0.15) is 0 Å². The van der Waals surface area contributed by atoms with E-state index in [2.05, 4.69) is 5.32 Å². The molecule has 0 aromatic rings. The maximum atomic E-state index is 12.6. The van der Waals surface area contributed by atoms with Crippen LogP contribution in [-0.4, -0.2) is 78.9 Å². The summed E-state index contributed by atoms with van der Waals surface area (Å²) in [6.45, 7) is 2.13. The van der Waals surface area contributed by atoms with Crippen LogP contribution in [0.3, 0.4) is 0 Å². The number of ether oxygens (including phenoxy) is 1. The van der Waals surface area contributed by atoms with Gasteiger partial charge in [-0.2, -0.15) is 0 Å². The Labute approximate surface area is 149 Å². The number of fused-ring (bicyclic) bond motifs is 1. The van der Waals surface area contributed by atoms with Gasteiger partial charge in [-0.25, -0.2) is 4.79 Å². The van der Waals surface area contributed by atoms with Crippen LogP contribution < -0.4 is 5.32 Å². The Hall–Kier alpha value is -1.34. The number of nitrogens with zero attached hydrogens (tertiary/aromatic N) is 2. The van der Waals surface area contributed by atoms with Gasteiger partial charge in [-0.15, -0.1) is 0 Å². The third-order valence-corrected chi connectivity index (χ3v) is 5.96. The highest BCUT2D eigenvalue weighted by atomic mass is 16.5. The second-order valence-corrected chi connectivity index (χ2v) is 7.94. The largest absolute Gasteiger partial charge is 0.480 e. The van der Waals surface area contributed by atoms with E-state index < -0.39 is 5.97 Å². The summed E-state index contributed by atoms with van der Waals surface area (Å²) in [5, 5.41) is 12.1. The summed E-state index contributed by atoms with van der Waals surface area (Å²) in [6.07, 6.45) is 7.40. The van der Waals surface area contributed by atoms with Gasteiger partial charge in [0.15, 0.2) is 0 Å². The summed E-state index contributed by atoms with van der Waals surface area (Å²) in [7, 11) is 1.76. The molecule has 3 fully saturated rings. The minimum atomic E-state index is -0.851. The molecule has 1 aliphatic heterocycles. The maximum absolute atomic E-state index is 12.6. The fourth-order valence-corrected chi connectivity index (χ4v) is 4.76. The van der Waals surface area contributed by atoms with Crippen LogP contribution in [0.4, 0.5) is 4.79 Å². The van der Waals surface area contributed by atoms with Gasteiger partial charge in [-0.05, 0) is 38.1 Å². The summed E-state index contributed by atoms with van der Waals surface area (Å²) in [5.74, 6) is 0.849. The van der Waals surface area contributed by atoms with E-state index in [4.69, 9.17) is 9.84 Å². The lowest BCUT2D eigenvalue weighted by molar-refractivity contribution is -0.138. The third kappa shape index (κ3) is 5.07. The first-order valence-corrected chi connectivity index (χ1v) is 9.58. The molecule has 0 bridgehead atoms. The molecule has 7 heteroatoms.